The fourth-order valence-electron chi connectivity index (χ4n) is 5.63. The van der Waals surface area contributed by atoms with Crippen molar-refractivity contribution in [2.75, 3.05) is 0 Å². The highest BCUT2D eigenvalue weighted by Gasteiger charge is 2.31. The molecule has 0 bridgehead atoms. The summed E-state index contributed by atoms with van der Waals surface area (Å²) in [6.07, 6.45) is 0. The molecule has 0 aliphatic carbocycles. The van der Waals surface area contributed by atoms with E-state index in [0.717, 1.165) is 44.7 Å². The first-order valence-corrected chi connectivity index (χ1v) is 13.7. The smallest absolute Gasteiger partial charge is 0.347 e. The van der Waals surface area contributed by atoms with E-state index in [1.807, 2.05) is 39.8 Å². The molecule has 0 spiro atoms. The second-order valence-electron chi connectivity index (χ2n) is 11.5. The zero-order chi connectivity index (χ0) is 29.9. The number of aryl methyl sites for hydroxylation is 4. The molecule has 42 heavy (non-hydrogen) atoms. The van der Waals surface area contributed by atoms with Gasteiger partial charge < -0.3 is 18.9 Å². The van der Waals surface area contributed by atoms with Crippen molar-refractivity contribution in [1.29, 1.82) is 0 Å². The summed E-state index contributed by atoms with van der Waals surface area (Å²) in [7, 11) is 0. The van der Waals surface area contributed by atoms with Gasteiger partial charge in [0.05, 0.1) is 16.7 Å². The number of hydrogen-bond acceptors (Lipinski definition) is 7. The van der Waals surface area contributed by atoms with Gasteiger partial charge in [-0.2, -0.15) is 0 Å². The Labute approximate surface area is 244 Å². The van der Waals surface area contributed by atoms with Crippen LogP contribution in [0.3, 0.4) is 0 Å². The first-order valence-electron chi connectivity index (χ1n) is 13.7. The van der Waals surface area contributed by atoms with Crippen LogP contribution in [-0.4, -0.2) is 17.9 Å². The van der Waals surface area contributed by atoms with Gasteiger partial charge in [0.25, 0.3) is 0 Å². The van der Waals surface area contributed by atoms with Crippen molar-refractivity contribution in [3.63, 3.8) is 0 Å². The van der Waals surface area contributed by atoms with Crippen LogP contribution in [0.2, 0.25) is 0 Å². The zero-order valence-corrected chi connectivity index (χ0v) is 24.3. The third-order valence-electron chi connectivity index (χ3n) is 8.08. The van der Waals surface area contributed by atoms with Gasteiger partial charge >= 0.3 is 17.9 Å². The Bertz CT molecular complexity index is 1780. The SMILES string of the molecule is Cc1cc(C(C)(C)c2cc(C)c(Oc3ccc4c(c3)C(=O)OC4=O)c(C)c2)cc(C)c1Oc1ccc2c(c1)C(=O)OC2. The van der Waals surface area contributed by atoms with Crippen molar-refractivity contribution in [3.05, 3.63) is 116 Å². The van der Waals surface area contributed by atoms with Gasteiger partial charge in [-0.15, -0.1) is 0 Å². The number of carbonyl (C=O) groups is 3. The largest absolute Gasteiger partial charge is 0.457 e. The lowest BCUT2D eigenvalue weighted by Crippen LogP contribution is -2.20. The summed E-state index contributed by atoms with van der Waals surface area (Å²) >= 11 is 0. The highest BCUT2D eigenvalue weighted by Crippen LogP contribution is 2.41. The van der Waals surface area contributed by atoms with Crippen LogP contribution < -0.4 is 9.47 Å². The van der Waals surface area contributed by atoms with Crippen molar-refractivity contribution in [2.45, 2.75) is 53.6 Å². The van der Waals surface area contributed by atoms with Crippen LogP contribution in [0, 0.1) is 27.7 Å². The van der Waals surface area contributed by atoms with E-state index in [1.54, 1.807) is 24.3 Å². The lowest BCUT2D eigenvalue weighted by atomic mass is 9.76. The molecule has 0 radical (unpaired) electrons. The molecule has 0 amide bonds. The number of benzene rings is 4. The molecule has 2 aliphatic rings. The number of esters is 3. The normalized spacial score (nSPS) is 13.9. The van der Waals surface area contributed by atoms with Gasteiger partial charge in [0.15, 0.2) is 0 Å². The molecule has 0 unspecified atom stereocenters. The fraction of sp³-hybridized carbons (Fsp3) is 0.229. The average Bonchev–Trinajstić information content (AvgIpc) is 3.45. The third-order valence-corrected chi connectivity index (χ3v) is 8.08. The number of carbonyl (C=O) groups excluding carboxylic acids is 3. The van der Waals surface area contributed by atoms with Crippen molar-refractivity contribution < 1.29 is 33.3 Å². The van der Waals surface area contributed by atoms with Crippen LogP contribution in [-0.2, 0) is 21.5 Å². The van der Waals surface area contributed by atoms with Crippen molar-refractivity contribution in [3.8, 4) is 23.0 Å². The van der Waals surface area contributed by atoms with Gasteiger partial charge in [-0.25, -0.2) is 14.4 Å². The van der Waals surface area contributed by atoms with E-state index < -0.39 is 11.9 Å². The lowest BCUT2D eigenvalue weighted by molar-refractivity contribution is 0.0442. The summed E-state index contributed by atoms with van der Waals surface area (Å²) in [6.45, 7) is 12.7. The molecule has 2 heterocycles. The van der Waals surface area contributed by atoms with E-state index in [2.05, 4.69) is 38.1 Å². The van der Waals surface area contributed by atoms with Gasteiger partial charge in [-0.1, -0.05) is 44.2 Å². The first-order chi connectivity index (χ1) is 19.9. The summed E-state index contributed by atoms with van der Waals surface area (Å²) in [5.74, 6) is 0.889. The van der Waals surface area contributed by atoms with E-state index >= 15 is 0 Å². The van der Waals surface area contributed by atoms with Crippen molar-refractivity contribution in [2.24, 2.45) is 0 Å². The third kappa shape index (κ3) is 4.61. The Kier molecular flexibility index (Phi) is 6.41. The average molecular weight is 563 g/mol. The van der Waals surface area contributed by atoms with Crippen molar-refractivity contribution in [1.82, 2.24) is 0 Å². The summed E-state index contributed by atoms with van der Waals surface area (Å²) in [5, 5.41) is 0. The summed E-state index contributed by atoms with van der Waals surface area (Å²) in [5.41, 5.74) is 7.67. The highest BCUT2D eigenvalue weighted by molar-refractivity contribution is 6.14. The maximum Gasteiger partial charge on any atom is 0.347 e. The molecule has 212 valence electrons. The molecule has 7 heteroatoms. The molecule has 4 aromatic carbocycles. The summed E-state index contributed by atoms with van der Waals surface area (Å²) in [4.78, 5) is 35.8. The summed E-state index contributed by atoms with van der Waals surface area (Å²) in [6, 6.07) is 18.8. The van der Waals surface area contributed by atoms with Crippen LogP contribution >= 0.6 is 0 Å². The molecule has 0 fully saturated rings. The zero-order valence-electron chi connectivity index (χ0n) is 24.3. The second-order valence-corrected chi connectivity index (χ2v) is 11.5. The second kappa shape index (κ2) is 9.87. The van der Waals surface area contributed by atoms with E-state index in [9.17, 15) is 14.4 Å². The molecule has 2 aliphatic heterocycles. The molecule has 0 aromatic heterocycles. The molecular formula is C35H30O7. The molecule has 0 N–H and O–H groups in total. The standard InChI is InChI=1S/C35H30O7/c1-18-11-23(12-19(2)30(18)40-25-8-7-22-17-39-32(36)28(22)15-25)35(5,6)24-13-20(3)31(21(4)14-24)41-26-9-10-27-29(16-26)34(38)42-33(27)37/h7-16H,17H2,1-6H3. The highest BCUT2D eigenvalue weighted by atomic mass is 16.6. The minimum Gasteiger partial charge on any atom is -0.457 e. The topological polar surface area (TPSA) is 88.1 Å². The molecule has 0 saturated heterocycles. The Morgan fingerprint density at radius 3 is 1.62 bits per heavy atom. The number of rotatable bonds is 6. The maximum atomic E-state index is 12.0. The van der Waals surface area contributed by atoms with Crippen molar-refractivity contribution >= 4 is 17.9 Å². The predicted octanol–water partition coefficient (Wildman–Crippen LogP) is 7.81. The predicted molar refractivity (Wildman–Crippen MR) is 156 cm³/mol. The van der Waals surface area contributed by atoms with Crippen LogP contribution in [0.25, 0.3) is 0 Å². The lowest BCUT2D eigenvalue weighted by Gasteiger charge is -2.29. The molecule has 0 atom stereocenters. The Balaban J connectivity index is 1.27. The Hall–Kier alpha value is -4.91. The molecule has 4 aromatic rings. The van der Waals surface area contributed by atoms with Crippen LogP contribution in [0.5, 0.6) is 23.0 Å². The van der Waals surface area contributed by atoms with Crippen LogP contribution in [0.4, 0.5) is 0 Å². The summed E-state index contributed by atoms with van der Waals surface area (Å²) < 4.78 is 22.3. The van der Waals surface area contributed by atoms with Gasteiger partial charge in [0.2, 0.25) is 0 Å². The fourth-order valence-corrected chi connectivity index (χ4v) is 5.63. The van der Waals surface area contributed by atoms with Crippen LogP contribution in [0.1, 0.15) is 83.9 Å². The monoisotopic (exact) mass is 562 g/mol. The van der Waals surface area contributed by atoms with E-state index in [0.29, 0.717) is 29.4 Å². The van der Waals surface area contributed by atoms with Gasteiger partial charge in [-0.05, 0) is 91.4 Å². The van der Waals surface area contributed by atoms with E-state index in [4.69, 9.17) is 18.9 Å². The maximum absolute atomic E-state index is 12.0. The van der Waals surface area contributed by atoms with Gasteiger partial charge in [0.1, 0.15) is 29.6 Å². The van der Waals surface area contributed by atoms with E-state index in [-0.39, 0.29) is 22.5 Å². The molecular weight excluding hydrogens is 532 g/mol. The minimum absolute atomic E-state index is 0.211. The molecule has 0 saturated carbocycles. The van der Waals surface area contributed by atoms with Gasteiger partial charge in [-0.3, -0.25) is 0 Å². The van der Waals surface area contributed by atoms with E-state index in [1.165, 1.54) is 0 Å². The number of hydrogen-bond donors (Lipinski definition) is 0. The minimum atomic E-state index is -0.662. The number of ether oxygens (including phenoxy) is 4. The number of fused-ring (bicyclic) bond motifs is 2. The Morgan fingerprint density at radius 1 is 0.595 bits per heavy atom. The van der Waals surface area contributed by atoms with Crippen LogP contribution in [0.15, 0.2) is 60.7 Å². The number of cyclic esters (lactones) is 3. The quantitative estimate of drug-likeness (QED) is 0.175. The van der Waals surface area contributed by atoms with Gasteiger partial charge in [0, 0.05) is 11.0 Å². The Morgan fingerprint density at radius 2 is 1.07 bits per heavy atom. The first kappa shape index (κ1) is 27.3. The molecule has 6 rings (SSSR count). The molecule has 7 nitrogen and oxygen atoms in total.